The van der Waals surface area contributed by atoms with Crippen LogP contribution in [0.3, 0.4) is 0 Å². The Morgan fingerprint density at radius 3 is 1.18 bits per heavy atom. The van der Waals surface area contributed by atoms with Crippen molar-refractivity contribution in [3.05, 3.63) is 108 Å². The minimum Gasteiger partial charge on any atom is -0.365 e. The zero-order valence-corrected chi connectivity index (χ0v) is 13.0. The van der Waals surface area contributed by atoms with Crippen molar-refractivity contribution in [2.24, 2.45) is 0 Å². The molecule has 0 aromatic heterocycles. The van der Waals surface area contributed by atoms with Gasteiger partial charge < -0.3 is 5.32 Å². The van der Waals surface area contributed by atoms with Crippen molar-refractivity contribution in [2.45, 2.75) is 5.54 Å². The van der Waals surface area contributed by atoms with E-state index in [9.17, 15) is 0 Å². The number of benzene rings is 3. The van der Waals surface area contributed by atoms with Crippen molar-refractivity contribution in [3.63, 3.8) is 0 Å². The average molecular weight is 303 g/mol. The summed E-state index contributed by atoms with van der Waals surface area (Å²) in [7, 11) is 0. The van der Waals surface area contributed by atoms with Gasteiger partial charge in [0.15, 0.2) is 0 Å². The third-order valence-corrected chi connectivity index (χ3v) is 4.01. The van der Waals surface area contributed by atoms with Crippen LogP contribution in [0.15, 0.2) is 91.0 Å². The van der Waals surface area contributed by atoms with E-state index in [1.165, 1.54) is 0 Å². The third kappa shape index (κ3) is 2.53. The van der Waals surface area contributed by atoms with E-state index in [0.717, 1.165) is 16.7 Å². The number of hydrogen-bond acceptors (Lipinski definition) is 1. The Morgan fingerprint density at radius 2 is 0.909 bits per heavy atom. The summed E-state index contributed by atoms with van der Waals surface area (Å²) in [6, 6.07) is 31.2. The van der Waals surface area contributed by atoms with Crippen LogP contribution in [0.25, 0.3) is 0 Å². The van der Waals surface area contributed by atoms with Crippen LogP contribution in [-0.2, 0) is 5.54 Å². The molecule has 3 rings (SSSR count). The predicted molar refractivity (Wildman–Crippen MR) is 96.0 cm³/mol. The highest BCUT2D eigenvalue weighted by molar-refractivity contribution is 7.78. The van der Waals surface area contributed by atoms with Gasteiger partial charge in [-0.2, -0.15) is 0 Å². The van der Waals surface area contributed by atoms with Crippen LogP contribution in [0, 0.1) is 0 Å². The molecule has 0 unspecified atom stereocenters. The molecule has 1 nitrogen and oxygen atoms in total. The summed E-state index contributed by atoms with van der Waals surface area (Å²) in [5, 5.41) is 3.43. The highest BCUT2D eigenvalue weighted by Gasteiger charge is 2.35. The molecule has 2 heteroatoms. The lowest BCUT2D eigenvalue weighted by atomic mass is 9.77. The van der Waals surface area contributed by atoms with Crippen molar-refractivity contribution < 1.29 is 0 Å². The monoisotopic (exact) mass is 303 g/mol. The van der Waals surface area contributed by atoms with Gasteiger partial charge in [0.05, 0.1) is 5.49 Å². The fourth-order valence-electron chi connectivity index (χ4n) is 2.90. The van der Waals surface area contributed by atoms with Gasteiger partial charge in [-0.15, -0.1) is 0 Å². The average Bonchev–Trinajstić information content (AvgIpc) is 2.62. The lowest BCUT2D eigenvalue weighted by Crippen LogP contribution is -2.43. The first-order valence-electron chi connectivity index (χ1n) is 7.26. The Kier molecular flexibility index (Phi) is 4.31. The standard InChI is InChI=1S/C20H17NS/c22-16-21-20(17-10-4-1-5-11-17,18-12-6-2-7-13-18)19-14-8-3-9-15-19/h1-16H,(H,21,22). The van der Waals surface area contributed by atoms with Crippen molar-refractivity contribution in [3.8, 4) is 0 Å². The largest absolute Gasteiger partial charge is 0.365 e. The van der Waals surface area contributed by atoms with Crippen LogP contribution in [0.5, 0.6) is 0 Å². The summed E-state index contributed by atoms with van der Waals surface area (Å²) in [4.78, 5) is 0. The predicted octanol–water partition coefficient (Wildman–Crippen LogP) is 4.53. The molecule has 3 aromatic rings. The third-order valence-electron chi connectivity index (χ3n) is 3.90. The lowest BCUT2D eigenvalue weighted by Gasteiger charge is -2.36. The maximum absolute atomic E-state index is 5.16. The number of nitrogens with one attached hydrogen (secondary N) is 1. The second kappa shape index (κ2) is 6.54. The summed E-state index contributed by atoms with van der Waals surface area (Å²) < 4.78 is 0. The maximum Gasteiger partial charge on any atom is 0.114 e. The maximum atomic E-state index is 5.16. The van der Waals surface area contributed by atoms with Crippen LogP contribution in [-0.4, -0.2) is 5.49 Å². The molecule has 0 spiro atoms. The van der Waals surface area contributed by atoms with Crippen LogP contribution in [0.2, 0.25) is 0 Å². The molecule has 108 valence electrons. The molecule has 0 saturated heterocycles. The molecular formula is C20H17NS. The van der Waals surface area contributed by atoms with Crippen molar-refractivity contribution in [1.29, 1.82) is 0 Å². The fourth-order valence-corrected chi connectivity index (χ4v) is 3.08. The van der Waals surface area contributed by atoms with E-state index >= 15 is 0 Å². The molecule has 0 heterocycles. The molecule has 0 saturated carbocycles. The van der Waals surface area contributed by atoms with Gasteiger partial charge in [-0.3, -0.25) is 0 Å². The minimum absolute atomic E-state index is 0.481. The SMILES string of the molecule is S=CNC(c1ccccc1)(c1ccccc1)c1ccccc1. The Balaban J connectivity index is 2.31. The molecule has 0 atom stereocenters. The van der Waals surface area contributed by atoms with Crippen molar-refractivity contribution in [2.75, 3.05) is 0 Å². The first-order valence-corrected chi connectivity index (χ1v) is 7.73. The molecule has 22 heavy (non-hydrogen) atoms. The zero-order valence-electron chi connectivity index (χ0n) is 12.1. The van der Waals surface area contributed by atoms with Gasteiger partial charge in [-0.1, -0.05) is 103 Å². The van der Waals surface area contributed by atoms with E-state index in [0.29, 0.717) is 0 Å². The van der Waals surface area contributed by atoms with E-state index in [1.54, 1.807) is 5.49 Å². The van der Waals surface area contributed by atoms with E-state index in [-0.39, 0.29) is 0 Å². The molecule has 0 fully saturated rings. The minimum atomic E-state index is -0.481. The van der Waals surface area contributed by atoms with E-state index in [4.69, 9.17) is 12.2 Å². The molecule has 0 amide bonds. The highest BCUT2D eigenvalue weighted by atomic mass is 32.1. The first-order chi connectivity index (χ1) is 10.9. The summed E-state index contributed by atoms with van der Waals surface area (Å²) >= 11 is 5.16. The van der Waals surface area contributed by atoms with Gasteiger partial charge in [0.2, 0.25) is 0 Å². The Hall–Kier alpha value is -2.45. The molecule has 0 aliphatic carbocycles. The zero-order chi connectivity index (χ0) is 15.3. The molecule has 0 aliphatic heterocycles. The molecule has 0 bridgehead atoms. The number of rotatable bonds is 5. The number of hydrogen-bond donors (Lipinski definition) is 1. The highest BCUT2D eigenvalue weighted by Crippen LogP contribution is 2.36. The van der Waals surface area contributed by atoms with Gasteiger partial charge in [0, 0.05) is 0 Å². The quantitative estimate of drug-likeness (QED) is 0.549. The number of thiocarbonyl (C=S) groups is 1. The van der Waals surface area contributed by atoms with Crippen molar-refractivity contribution in [1.82, 2.24) is 5.32 Å². The Labute approximate surface area is 136 Å². The normalized spacial score (nSPS) is 10.9. The van der Waals surface area contributed by atoms with Gasteiger partial charge >= 0.3 is 0 Å². The van der Waals surface area contributed by atoms with E-state index < -0.39 is 5.54 Å². The smallest absolute Gasteiger partial charge is 0.114 e. The summed E-state index contributed by atoms with van der Waals surface area (Å²) in [5.41, 5.74) is 4.61. The lowest BCUT2D eigenvalue weighted by molar-refractivity contribution is 0.585. The van der Waals surface area contributed by atoms with Crippen LogP contribution in [0.1, 0.15) is 16.7 Å². The molecule has 3 aromatic carbocycles. The van der Waals surface area contributed by atoms with E-state index in [1.807, 2.05) is 18.2 Å². The van der Waals surface area contributed by atoms with E-state index in [2.05, 4.69) is 78.1 Å². The Bertz CT molecular complexity index is 627. The van der Waals surface area contributed by atoms with Crippen LogP contribution >= 0.6 is 12.2 Å². The van der Waals surface area contributed by atoms with Gasteiger partial charge in [-0.05, 0) is 16.7 Å². The van der Waals surface area contributed by atoms with Gasteiger partial charge in [0.1, 0.15) is 5.54 Å². The molecular weight excluding hydrogens is 286 g/mol. The van der Waals surface area contributed by atoms with Crippen LogP contribution in [0.4, 0.5) is 0 Å². The fraction of sp³-hybridized carbons (Fsp3) is 0.0500. The van der Waals surface area contributed by atoms with Gasteiger partial charge in [0.25, 0.3) is 0 Å². The summed E-state index contributed by atoms with van der Waals surface area (Å²) in [5.74, 6) is 0. The second-order valence-electron chi connectivity index (χ2n) is 5.11. The molecule has 0 radical (unpaired) electrons. The summed E-state index contributed by atoms with van der Waals surface area (Å²) in [6.45, 7) is 0. The second-order valence-corrected chi connectivity index (χ2v) is 5.35. The Morgan fingerprint density at radius 1 is 0.591 bits per heavy atom. The van der Waals surface area contributed by atoms with Gasteiger partial charge in [-0.25, -0.2) is 0 Å². The first kappa shape index (κ1) is 14.5. The summed E-state index contributed by atoms with van der Waals surface area (Å²) in [6.07, 6.45) is 0. The van der Waals surface area contributed by atoms with Crippen LogP contribution < -0.4 is 5.32 Å². The molecule has 0 aliphatic rings. The topological polar surface area (TPSA) is 12.0 Å². The molecule has 1 N–H and O–H groups in total. The van der Waals surface area contributed by atoms with Crippen molar-refractivity contribution >= 4 is 17.7 Å².